The molecule has 2 saturated carbocycles. The molecule has 3 heterocycles. The van der Waals surface area contributed by atoms with E-state index < -0.39 is 0 Å². The van der Waals surface area contributed by atoms with Crippen LogP contribution in [-0.4, -0.2) is 55.0 Å². The molecule has 0 radical (unpaired) electrons. The van der Waals surface area contributed by atoms with Gasteiger partial charge in [-0.25, -0.2) is 4.98 Å². The van der Waals surface area contributed by atoms with Crippen molar-refractivity contribution in [3.05, 3.63) is 17.8 Å². The molecule has 5 rings (SSSR count). The first-order chi connectivity index (χ1) is 14.8. The molecular weight excluding hydrogens is 374 g/mol. The van der Waals surface area contributed by atoms with Crippen LogP contribution in [0.15, 0.2) is 12.3 Å². The highest BCUT2D eigenvalue weighted by molar-refractivity contribution is 5.81. The predicted molar refractivity (Wildman–Crippen MR) is 119 cm³/mol. The van der Waals surface area contributed by atoms with E-state index in [0.717, 1.165) is 76.0 Å². The Morgan fingerprint density at radius 2 is 1.80 bits per heavy atom. The summed E-state index contributed by atoms with van der Waals surface area (Å²) in [5.74, 6) is 4.75. The molecule has 2 aliphatic carbocycles. The number of ketones is 1. The average Bonchev–Trinajstić information content (AvgIpc) is 3.21. The van der Waals surface area contributed by atoms with Crippen molar-refractivity contribution in [2.45, 2.75) is 64.2 Å². The number of carbonyl (C=O) groups is 1. The Balaban J connectivity index is 1.01. The first kappa shape index (κ1) is 20.3. The van der Waals surface area contributed by atoms with Crippen LogP contribution in [0.3, 0.4) is 0 Å². The van der Waals surface area contributed by atoms with Gasteiger partial charge >= 0.3 is 0 Å². The van der Waals surface area contributed by atoms with Crippen LogP contribution in [0, 0.1) is 17.8 Å². The highest BCUT2D eigenvalue weighted by atomic mass is 16.5. The number of hydrogen-bond acceptors (Lipinski definition) is 5. The van der Waals surface area contributed by atoms with Crippen molar-refractivity contribution >= 4 is 11.6 Å². The second-order valence-corrected chi connectivity index (χ2v) is 10.0. The van der Waals surface area contributed by atoms with E-state index in [-0.39, 0.29) is 0 Å². The summed E-state index contributed by atoms with van der Waals surface area (Å²) in [5.41, 5.74) is 1.30. The Morgan fingerprint density at radius 1 is 1.03 bits per heavy atom. The van der Waals surface area contributed by atoms with Gasteiger partial charge in [-0.2, -0.15) is 0 Å². The molecule has 164 valence electrons. The molecule has 1 saturated heterocycles. The van der Waals surface area contributed by atoms with Crippen molar-refractivity contribution in [2.24, 2.45) is 17.8 Å². The number of Topliss-reactive ketones (excluding diaryl/α,β-unsaturated/α-hetero) is 1. The summed E-state index contributed by atoms with van der Waals surface area (Å²) in [5, 5.41) is 0. The largest absolute Gasteiger partial charge is 0.493 e. The van der Waals surface area contributed by atoms with Crippen LogP contribution >= 0.6 is 0 Å². The molecule has 0 unspecified atom stereocenters. The summed E-state index contributed by atoms with van der Waals surface area (Å²) < 4.78 is 5.71. The maximum atomic E-state index is 12.3. The Bertz CT molecular complexity index is 732. The molecule has 3 fully saturated rings. The first-order valence-electron chi connectivity index (χ1n) is 12.4. The molecule has 0 atom stereocenters. The number of aromatic nitrogens is 1. The van der Waals surface area contributed by atoms with Gasteiger partial charge in [-0.1, -0.05) is 19.3 Å². The SMILES string of the molecule is O=C(CC1CCC(CCN2CCN(c3nccc4c3CCO4)CC2)CC1)C1CCC1. The van der Waals surface area contributed by atoms with Crippen molar-refractivity contribution in [3.8, 4) is 5.75 Å². The molecule has 0 aromatic carbocycles. The monoisotopic (exact) mass is 411 g/mol. The molecule has 5 heteroatoms. The molecule has 1 aromatic heterocycles. The highest BCUT2D eigenvalue weighted by Crippen LogP contribution is 2.36. The predicted octanol–water partition coefficient (Wildman–Crippen LogP) is 4.09. The zero-order valence-electron chi connectivity index (χ0n) is 18.4. The zero-order valence-corrected chi connectivity index (χ0v) is 18.4. The Hall–Kier alpha value is -1.62. The molecule has 2 aliphatic heterocycles. The number of fused-ring (bicyclic) bond motifs is 1. The highest BCUT2D eigenvalue weighted by Gasteiger charge is 2.30. The smallest absolute Gasteiger partial charge is 0.136 e. The number of carbonyl (C=O) groups excluding carboxylic acids is 1. The van der Waals surface area contributed by atoms with Gasteiger partial charge in [0.1, 0.15) is 17.4 Å². The summed E-state index contributed by atoms with van der Waals surface area (Å²) in [4.78, 5) is 22.0. The fourth-order valence-corrected chi connectivity index (χ4v) is 5.82. The van der Waals surface area contributed by atoms with E-state index in [2.05, 4.69) is 14.8 Å². The summed E-state index contributed by atoms with van der Waals surface area (Å²) in [7, 11) is 0. The van der Waals surface area contributed by atoms with Gasteiger partial charge in [0.15, 0.2) is 0 Å². The standard InChI is InChI=1S/C25H37N3O2/c29-23(21-2-1-3-21)18-20-6-4-19(5-7-20)9-12-27-13-15-28(16-14-27)25-22-10-17-30-24(22)8-11-26-25/h8,11,19-21H,1-7,9-10,12-18H2. The molecule has 4 aliphatic rings. The molecule has 0 spiro atoms. The number of pyridine rings is 1. The lowest BCUT2D eigenvalue weighted by molar-refractivity contribution is -0.126. The van der Waals surface area contributed by atoms with Crippen molar-refractivity contribution in [1.29, 1.82) is 0 Å². The number of hydrogen-bond donors (Lipinski definition) is 0. The van der Waals surface area contributed by atoms with E-state index >= 15 is 0 Å². The van der Waals surface area contributed by atoms with Gasteiger partial charge in [-0.3, -0.25) is 9.69 Å². The second kappa shape index (κ2) is 9.25. The van der Waals surface area contributed by atoms with Crippen LogP contribution in [0.5, 0.6) is 5.75 Å². The topological polar surface area (TPSA) is 45.7 Å². The summed E-state index contributed by atoms with van der Waals surface area (Å²) in [6.07, 6.45) is 13.9. The minimum atomic E-state index is 0.432. The summed E-state index contributed by atoms with van der Waals surface area (Å²) >= 11 is 0. The van der Waals surface area contributed by atoms with Gasteiger partial charge in [-0.05, 0) is 56.6 Å². The lowest BCUT2D eigenvalue weighted by atomic mass is 9.74. The van der Waals surface area contributed by atoms with Crippen molar-refractivity contribution in [3.63, 3.8) is 0 Å². The van der Waals surface area contributed by atoms with E-state index in [1.807, 2.05) is 12.3 Å². The quantitative estimate of drug-likeness (QED) is 0.676. The van der Waals surface area contributed by atoms with Gasteiger partial charge in [0.25, 0.3) is 0 Å². The van der Waals surface area contributed by atoms with E-state index in [4.69, 9.17) is 4.74 Å². The lowest BCUT2D eigenvalue weighted by Gasteiger charge is -2.37. The number of rotatable bonds is 7. The maximum Gasteiger partial charge on any atom is 0.136 e. The van der Waals surface area contributed by atoms with Gasteiger partial charge in [-0.15, -0.1) is 0 Å². The van der Waals surface area contributed by atoms with Crippen LogP contribution in [0.1, 0.15) is 63.4 Å². The van der Waals surface area contributed by atoms with Crippen molar-refractivity contribution in [2.75, 3.05) is 44.2 Å². The van der Waals surface area contributed by atoms with Crippen LogP contribution < -0.4 is 9.64 Å². The first-order valence-corrected chi connectivity index (χ1v) is 12.4. The fraction of sp³-hybridized carbons (Fsp3) is 0.760. The van der Waals surface area contributed by atoms with Crippen LogP contribution in [0.25, 0.3) is 0 Å². The fourth-order valence-electron chi connectivity index (χ4n) is 5.82. The minimum absolute atomic E-state index is 0.432. The van der Waals surface area contributed by atoms with Gasteiger partial charge in [0, 0.05) is 56.7 Å². The van der Waals surface area contributed by atoms with Gasteiger partial charge in [0.05, 0.1) is 6.61 Å². The number of anilines is 1. The van der Waals surface area contributed by atoms with E-state index in [1.54, 1.807) is 0 Å². The van der Waals surface area contributed by atoms with Crippen LogP contribution in [0.2, 0.25) is 0 Å². The molecule has 0 N–H and O–H groups in total. The Labute approximate surface area is 181 Å². The molecule has 0 amide bonds. The third-order valence-corrected chi connectivity index (χ3v) is 8.14. The average molecular weight is 412 g/mol. The van der Waals surface area contributed by atoms with E-state index in [0.29, 0.717) is 17.6 Å². The van der Waals surface area contributed by atoms with Crippen LogP contribution in [-0.2, 0) is 11.2 Å². The molecule has 1 aromatic rings. The third-order valence-electron chi connectivity index (χ3n) is 8.14. The number of piperazine rings is 1. The zero-order chi connectivity index (χ0) is 20.3. The Morgan fingerprint density at radius 3 is 2.53 bits per heavy atom. The molecular formula is C25H37N3O2. The third kappa shape index (κ3) is 4.51. The number of ether oxygens (including phenoxy) is 1. The van der Waals surface area contributed by atoms with E-state index in [9.17, 15) is 4.79 Å². The molecule has 30 heavy (non-hydrogen) atoms. The second-order valence-electron chi connectivity index (χ2n) is 10.0. The van der Waals surface area contributed by atoms with Crippen molar-refractivity contribution < 1.29 is 9.53 Å². The van der Waals surface area contributed by atoms with Gasteiger partial charge < -0.3 is 9.64 Å². The van der Waals surface area contributed by atoms with Crippen molar-refractivity contribution in [1.82, 2.24) is 9.88 Å². The minimum Gasteiger partial charge on any atom is -0.493 e. The van der Waals surface area contributed by atoms with Crippen LogP contribution in [0.4, 0.5) is 5.82 Å². The number of nitrogens with zero attached hydrogens (tertiary/aromatic N) is 3. The molecule has 0 bridgehead atoms. The van der Waals surface area contributed by atoms with Gasteiger partial charge in [0.2, 0.25) is 0 Å². The molecule has 5 nitrogen and oxygen atoms in total. The van der Waals surface area contributed by atoms with E-state index in [1.165, 1.54) is 50.6 Å². The lowest BCUT2D eigenvalue weighted by Crippen LogP contribution is -2.47. The normalized spacial score (nSPS) is 27.4. The summed E-state index contributed by atoms with van der Waals surface area (Å²) in [6, 6.07) is 2.00. The maximum absolute atomic E-state index is 12.3. The Kier molecular flexibility index (Phi) is 6.26. The summed E-state index contributed by atoms with van der Waals surface area (Å²) in [6.45, 7) is 6.44.